The van der Waals surface area contributed by atoms with Crippen LogP contribution in [0, 0.1) is 17.8 Å². The van der Waals surface area contributed by atoms with Crippen LogP contribution in [0.1, 0.15) is 85.5 Å². The lowest BCUT2D eigenvalue weighted by Gasteiger charge is -2.46. The zero-order valence-corrected chi connectivity index (χ0v) is 16.6. The second-order valence-corrected chi connectivity index (χ2v) is 10.4. The van der Waals surface area contributed by atoms with Crippen molar-refractivity contribution < 1.29 is 8.85 Å². The summed E-state index contributed by atoms with van der Waals surface area (Å²) in [5.41, 5.74) is 0. The summed E-state index contributed by atoms with van der Waals surface area (Å²) in [6, 6.07) is 0. The van der Waals surface area contributed by atoms with E-state index in [0.717, 1.165) is 43.8 Å². The first-order valence-electron chi connectivity index (χ1n) is 9.88. The van der Waals surface area contributed by atoms with E-state index in [2.05, 4.69) is 27.7 Å². The van der Waals surface area contributed by atoms with Crippen molar-refractivity contribution in [3.05, 3.63) is 0 Å². The molecule has 3 unspecified atom stereocenters. The van der Waals surface area contributed by atoms with Gasteiger partial charge in [0.15, 0.2) is 0 Å². The molecule has 0 bridgehead atoms. The van der Waals surface area contributed by atoms with E-state index < -0.39 is 9.28 Å². The molecular weight excluding hydrogens is 288 g/mol. The highest BCUT2D eigenvalue weighted by Gasteiger charge is 2.56. The second-order valence-electron chi connectivity index (χ2n) is 7.97. The molecule has 3 heteroatoms. The minimum absolute atomic E-state index is 0.407. The highest BCUT2D eigenvalue weighted by molar-refractivity contribution is 6.49. The Bertz CT molecular complexity index is 309. The lowest BCUT2D eigenvalue weighted by molar-refractivity contribution is 0.116. The fourth-order valence-corrected chi connectivity index (χ4v) is 8.78. The molecule has 2 saturated carbocycles. The summed E-state index contributed by atoms with van der Waals surface area (Å²) in [6.45, 7) is 11.2. The van der Waals surface area contributed by atoms with Crippen LogP contribution in [0.2, 0.25) is 5.04 Å². The van der Waals surface area contributed by atoms with Gasteiger partial charge in [-0.25, -0.2) is 0 Å². The van der Waals surface area contributed by atoms with E-state index in [9.17, 15) is 0 Å². The van der Waals surface area contributed by atoms with E-state index in [1.54, 1.807) is 0 Å². The molecule has 2 fully saturated rings. The van der Waals surface area contributed by atoms with Crippen LogP contribution < -0.4 is 0 Å². The lowest BCUT2D eigenvalue weighted by Crippen LogP contribution is -2.46. The van der Waals surface area contributed by atoms with Crippen LogP contribution in [-0.4, -0.2) is 22.5 Å². The van der Waals surface area contributed by atoms with Crippen molar-refractivity contribution in [2.45, 2.75) is 90.5 Å². The Hall–Kier alpha value is 0.137. The Balaban J connectivity index is 2.23. The van der Waals surface area contributed by atoms with Gasteiger partial charge in [0.05, 0.1) is 0 Å². The normalized spacial score (nSPS) is 33.7. The number of rotatable bonds is 8. The number of hydrogen-bond donors (Lipinski definition) is 0. The maximum Gasteiger partial charge on any atom is 0.328 e. The molecule has 0 heterocycles. The summed E-state index contributed by atoms with van der Waals surface area (Å²) in [4.78, 5) is 0. The van der Waals surface area contributed by atoms with E-state index >= 15 is 0 Å². The van der Waals surface area contributed by atoms with Gasteiger partial charge in [-0.3, -0.25) is 0 Å². The molecule has 0 aromatic carbocycles. The van der Waals surface area contributed by atoms with Crippen molar-refractivity contribution in [1.82, 2.24) is 0 Å². The maximum absolute atomic E-state index is 6.47. The smallest absolute Gasteiger partial charge is 0.328 e. The van der Waals surface area contributed by atoms with Gasteiger partial charge in [0.25, 0.3) is 0 Å². The van der Waals surface area contributed by atoms with Gasteiger partial charge in [0.1, 0.15) is 0 Å². The van der Waals surface area contributed by atoms with Crippen LogP contribution in [0.5, 0.6) is 0 Å². The maximum atomic E-state index is 6.47. The topological polar surface area (TPSA) is 18.5 Å². The second kappa shape index (κ2) is 8.84. The summed E-state index contributed by atoms with van der Waals surface area (Å²) in [7, 11) is -1.63. The van der Waals surface area contributed by atoms with E-state index in [1.807, 2.05) is 0 Å². The Labute approximate surface area is 140 Å². The molecular formula is C19H38O2Si. The van der Waals surface area contributed by atoms with Crippen molar-refractivity contribution >= 4 is 9.28 Å². The van der Waals surface area contributed by atoms with Gasteiger partial charge >= 0.3 is 9.28 Å². The van der Waals surface area contributed by atoms with E-state index in [-0.39, 0.29) is 0 Å². The van der Waals surface area contributed by atoms with Crippen LogP contribution in [0.3, 0.4) is 0 Å². The van der Waals surface area contributed by atoms with Crippen LogP contribution >= 0.6 is 0 Å². The third-order valence-electron chi connectivity index (χ3n) is 6.13. The van der Waals surface area contributed by atoms with Crippen LogP contribution in [0.25, 0.3) is 0 Å². The third kappa shape index (κ3) is 3.96. The first-order chi connectivity index (χ1) is 10.6. The molecule has 0 amide bonds. The van der Waals surface area contributed by atoms with Crippen molar-refractivity contribution in [3.63, 3.8) is 0 Å². The van der Waals surface area contributed by atoms with Gasteiger partial charge in [-0.1, -0.05) is 59.8 Å². The highest BCUT2D eigenvalue weighted by atomic mass is 28.3. The average Bonchev–Trinajstić information content (AvgIpc) is 2.84. The number of hydrogen-bond acceptors (Lipinski definition) is 2. The van der Waals surface area contributed by atoms with E-state index in [1.165, 1.54) is 44.9 Å². The first-order valence-corrected chi connectivity index (χ1v) is 11.4. The Morgan fingerprint density at radius 3 is 2.00 bits per heavy atom. The predicted molar refractivity (Wildman–Crippen MR) is 96.5 cm³/mol. The predicted octanol–water partition coefficient (Wildman–Crippen LogP) is 5.45. The average molecular weight is 327 g/mol. The van der Waals surface area contributed by atoms with Gasteiger partial charge in [-0.2, -0.15) is 0 Å². The van der Waals surface area contributed by atoms with Gasteiger partial charge in [-0.05, 0) is 43.4 Å². The standard InChI is InChI=1S/C19H38O2Si/c1-5-12-20-22(21-13-6-2)19(15-16(3)14-17(19)4)18-10-8-7-9-11-18/h16-18,22H,5-15H2,1-4H3. The zero-order valence-electron chi connectivity index (χ0n) is 15.4. The molecule has 2 rings (SSSR count). The van der Waals surface area contributed by atoms with Gasteiger partial charge in [-0.15, -0.1) is 0 Å². The monoisotopic (exact) mass is 326 g/mol. The molecule has 22 heavy (non-hydrogen) atoms. The first kappa shape index (κ1) is 18.5. The quantitative estimate of drug-likeness (QED) is 0.552. The molecule has 0 aromatic heterocycles. The Morgan fingerprint density at radius 2 is 1.55 bits per heavy atom. The molecule has 2 nitrogen and oxygen atoms in total. The molecule has 130 valence electrons. The molecule has 3 atom stereocenters. The third-order valence-corrected chi connectivity index (χ3v) is 9.36. The Morgan fingerprint density at radius 1 is 0.955 bits per heavy atom. The van der Waals surface area contributed by atoms with Crippen molar-refractivity contribution in [1.29, 1.82) is 0 Å². The molecule has 2 aliphatic rings. The van der Waals surface area contributed by atoms with Crippen molar-refractivity contribution in [3.8, 4) is 0 Å². The molecule has 0 aromatic rings. The fraction of sp³-hybridized carbons (Fsp3) is 1.00. The lowest BCUT2D eigenvalue weighted by atomic mass is 9.75. The summed E-state index contributed by atoms with van der Waals surface area (Å²) < 4.78 is 12.9. The van der Waals surface area contributed by atoms with Gasteiger partial charge in [0.2, 0.25) is 0 Å². The minimum atomic E-state index is -1.63. The van der Waals surface area contributed by atoms with Gasteiger partial charge < -0.3 is 8.85 Å². The molecule has 0 radical (unpaired) electrons. The van der Waals surface area contributed by atoms with Crippen molar-refractivity contribution in [2.24, 2.45) is 17.8 Å². The summed E-state index contributed by atoms with van der Waals surface area (Å²) in [6.07, 6.45) is 12.1. The summed E-state index contributed by atoms with van der Waals surface area (Å²) >= 11 is 0. The zero-order chi connectivity index (χ0) is 16.0. The molecule has 0 aliphatic heterocycles. The minimum Gasteiger partial charge on any atom is -0.396 e. The molecule has 0 N–H and O–H groups in total. The molecule has 0 saturated heterocycles. The fourth-order valence-electron chi connectivity index (χ4n) is 5.25. The van der Waals surface area contributed by atoms with E-state index in [4.69, 9.17) is 8.85 Å². The largest absolute Gasteiger partial charge is 0.396 e. The molecule has 0 spiro atoms. The summed E-state index contributed by atoms with van der Waals surface area (Å²) in [5.74, 6) is 2.50. The van der Waals surface area contributed by atoms with Crippen molar-refractivity contribution in [2.75, 3.05) is 13.2 Å². The summed E-state index contributed by atoms with van der Waals surface area (Å²) in [5, 5.41) is 0.407. The van der Waals surface area contributed by atoms with Gasteiger partial charge in [0, 0.05) is 18.3 Å². The van der Waals surface area contributed by atoms with Crippen LogP contribution in [0.15, 0.2) is 0 Å². The SMILES string of the molecule is CCCO[SiH](OCCC)C1(C2CCCCC2)CC(C)CC1C. The van der Waals surface area contributed by atoms with Crippen LogP contribution in [0.4, 0.5) is 0 Å². The molecule has 2 aliphatic carbocycles. The van der Waals surface area contributed by atoms with E-state index in [0.29, 0.717) is 5.04 Å². The Kier molecular flexibility index (Phi) is 7.42. The van der Waals surface area contributed by atoms with Crippen LogP contribution in [-0.2, 0) is 8.85 Å². The highest BCUT2D eigenvalue weighted by Crippen LogP contribution is 2.62.